The van der Waals surface area contributed by atoms with Gasteiger partial charge >= 0.3 is 0 Å². The van der Waals surface area contributed by atoms with Crippen molar-refractivity contribution in [2.24, 2.45) is 0 Å². The van der Waals surface area contributed by atoms with E-state index >= 15 is 0 Å². The van der Waals surface area contributed by atoms with Crippen molar-refractivity contribution in [1.29, 1.82) is 0 Å². The number of sulfonamides is 1. The monoisotopic (exact) mass is 414 g/mol. The van der Waals surface area contributed by atoms with Crippen LogP contribution in [0.15, 0.2) is 97.3 Å². The Kier molecular flexibility index (Phi) is 5.63. The van der Waals surface area contributed by atoms with Crippen LogP contribution in [0.5, 0.6) is 0 Å². The molecule has 5 heteroatoms. The molecule has 30 heavy (non-hydrogen) atoms. The summed E-state index contributed by atoms with van der Waals surface area (Å²) in [5, 5.41) is 0. The van der Waals surface area contributed by atoms with Gasteiger partial charge in [-0.2, -0.15) is 0 Å². The van der Waals surface area contributed by atoms with Crippen molar-refractivity contribution in [3.05, 3.63) is 108 Å². The number of nitrogens with one attached hydrogen (secondary N) is 1. The third-order valence-corrected chi connectivity index (χ3v) is 6.16. The fourth-order valence-electron chi connectivity index (χ4n) is 3.52. The number of aromatic nitrogens is 1. The molecule has 0 aliphatic rings. The number of hydrogen-bond acceptors (Lipinski definition) is 3. The first-order valence-corrected chi connectivity index (χ1v) is 11.3. The minimum atomic E-state index is -3.50. The normalized spacial score (nSPS) is 11.2. The molecule has 1 heterocycles. The molecule has 1 aromatic heterocycles. The van der Waals surface area contributed by atoms with Crippen LogP contribution in [0, 0.1) is 6.92 Å². The lowest BCUT2D eigenvalue weighted by atomic mass is 9.94. The van der Waals surface area contributed by atoms with E-state index in [1.165, 1.54) is 0 Å². The quantitative estimate of drug-likeness (QED) is 0.442. The van der Waals surface area contributed by atoms with Gasteiger partial charge in [-0.25, -0.2) is 8.42 Å². The van der Waals surface area contributed by atoms with E-state index in [0.29, 0.717) is 5.69 Å². The first-order chi connectivity index (χ1) is 14.5. The number of nitrogens with zero attached hydrogens (tertiary/aromatic N) is 1. The number of aryl methyl sites for hydroxylation is 1. The molecular weight excluding hydrogens is 392 g/mol. The van der Waals surface area contributed by atoms with Gasteiger partial charge in [0.2, 0.25) is 10.0 Å². The fraction of sp³-hybridized carbons (Fsp3) is 0.0800. The Hall–Kier alpha value is -3.44. The van der Waals surface area contributed by atoms with E-state index in [1.54, 1.807) is 24.4 Å². The van der Waals surface area contributed by atoms with Crippen molar-refractivity contribution in [3.63, 3.8) is 0 Å². The Balaban J connectivity index is 1.62. The van der Waals surface area contributed by atoms with Crippen LogP contribution in [0.25, 0.3) is 22.3 Å². The molecule has 0 atom stereocenters. The molecule has 3 aromatic carbocycles. The van der Waals surface area contributed by atoms with Crippen molar-refractivity contribution in [1.82, 2.24) is 4.98 Å². The molecule has 0 aliphatic carbocycles. The molecule has 150 valence electrons. The van der Waals surface area contributed by atoms with Crippen LogP contribution >= 0.6 is 0 Å². The lowest BCUT2D eigenvalue weighted by Gasteiger charge is -2.14. The van der Waals surface area contributed by atoms with Gasteiger partial charge in [-0.05, 0) is 52.9 Å². The molecule has 4 aromatic rings. The van der Waals surface area contributed by atoms with Gasteiger partial charge in [-0.1, -0.05) is 66.7 Å². The number of anilines is 1. The number of rotatable bonds is 6. The third-order valence-electron chi connectivity index (χ3n) is 4.90. The van der Waals surface area contributed by atoms with Crippen LogP contribution in [0.2, 0.25) is 0 Å². The molecule has 0 amide bonds. The van der Waals surface area contributed by atoms with Crippen LogP contribution < -0.4 is 4.72 Å². The van der Waals surface area contributed by atoms with Gasteiger partial charge in [0, 0.05) is 23.6 Å². The van der Waals surface area contributed by atoms with Crippen LogP contribution in [0.4, 0.5) is 5.69 Å². The first kappa shape index (κ1) is 19.9. The highest BCUT2D eigenvalue weighted by molar-refractivity contribution is 7.91. The summed E-state index contributed by atoms with van der Waals surface area (Å²) in [6.07, 6.45) is 3.64. The fourth-order valence-corrected chi connectivity index (χ4v) is 4.71. The highest BCUT2D eigenvalue weighted by Crippen LogP contribution is 2.34. The van der Waals surface area contributed by atoms with Gasteiger partial charge < -0.3 is 0 Å². The summed E-state index contributed by atoms with van der Waals surface area (Å²) < 4.78 is 27.8. The van der Waals surface area contributed by atoms with Crippen molar-refractivity contribution in [2.75, 3.05) is 4.72 Å². The molecule has 0 saturated heterocycles. The Morgan fingerprint density at radius 1 is 0.800 bits per heavy atom. The number of benzene rings is 3. The zero-order valence-electron chi connectivity index (χ0n) is 16.6. The van der Waals surface area contributed by atoms with Crippen molar-refractivity contribution >= 4 is 15.7 Å². The lowest BCUT2D eigenvalue weighted by Crippen LogP contribution is -2.15. The maximum atomic E-state index is 12.6. The zero-order chi connectivity index (χ0) is 21.0. The summed E-state index contributed by atoms with van der Waals surface area (Å²) in [6.45, 7) is 1.98. The van der Waals surface area contributed by atoms with Gasteiger partial charge in [0.1, 0.15) is 0 Å². The predicted octanol–water partition coefficient (Wildman–Crippen LogP) is 5.67. The summed E-state index contributed by atoms with van der Waals surface area (Å²) in [7, 11) is -3.50. The molecule has 1 N–H and O–H groups in total. The van der Waals surface area contributed by atoms with Crippen LogP contribution in [0.1, 0.15) is 11.1 Å². The largest absolute Gasteiger partial charge is 0.283 e. The maximum absolute atomic E-state index is 12.6. The summed E-state index contributed by atoms with van der Waals surface area (Å²) in [4.78, 5) is 4.31. The third kappa shape index (κ3) is 4.58. The van der Waals surface area contributed by atoms with E-state index in [2.05, 4.69) is 21.8 Å². The highest BCUT2D eigenvalue weighted by Gasteiger charge is 2.14. The summed E-state index contributed by atoms with van der Waals surface area (Å²) >= 11 is 0. The lowest BCUT2D eigenvalue weighted by molar-refractivity contribution is 0.600. The second kappa shape index (κ2) is 8.51. The molecule has 0 saturated carbocycles. The van der Waals surface area contributed by atoms with Gasteiger partial charge in [-0.3, -0.25) is 9.71 Å². The van der Waals surface area contributed by atoms with Crippen LogP contribution in [-0.2, 0) is 15.8 Å². The molecule has 0 fully saturated rings. The van der Waals surface area contributed by atoms with Gasteiger partial charge in [0.15, 0.2) is 0 Å². The standard InChI is InChI=1S/C25H22N2O2S/c1-19-16-22(27-30(28,29)18-20-8-4-2-5-9-20)12-13-23(19)25-17-26-15-14-24(25)21-10-6-3-7-11-21/h2-17,27H,18H2,1H3. The van der Waals surface area contributed by atoms with E-state index in [9.17, 15) is 8.42 Å². The molecule has 0 spiro atoms. The average molecular weight is 415 g/mol. The van der Waals surface area contributed by atoms with E-state index in [4.69, 9.17) is 0 Å². The zero-order valence-corrected chi connectivity index (χ0v) is 17.4. The SMILES string of the molecule is Cc1cc(NS(=O)(=O)Cc2ccccc2)ccc1-c1cnccc1-c1ccccc1. The van der Waals surface area contributed by atoms with Gasteiger partial charge in [-0.15, -0.1) is 0 Å². The average Bonchev–Trinajstić information content (AvgIpc) is 2.75. The van der Waals surface area contributed by atoms with Crippen LogP contribution in [-0.4, -0.2) is 13.4 Å². The first-order valence-electron chi connectivity index (χ1n) is 9.67. The van der Waals surface area contributed by atoms with E-state index in [1.807, 2.05) is 67.7 Å². The van der Waals surface area contributed by atoms with Crippen molar-refractivity contribution in [3.8, 4) is 22.3 Å². The Labute approximate surface area is 177 Å². The maximum Gasteiger partial charge on any atom is 0.236 e. The minimum absolute atomic E-state index is 0.0601. The Morgan fingerprint density at radius 3 is 2.20 bits per heavy atom. The molecule has 4 nitrogen and oxygen atoms in total. The molecule has 0 unspecified atom stereocenters. The second-order valence-electron chi connectivity index (χ2n) is 7.16. The molecular formula is C25H22N2O2S. The molecule has 0 radical (unpaired) electrons. The van der Waals surface area contributed by atoms with Gasteiger partial charge in [0.05, 0.1) is 5.75 Å². The highest BCUT2D eigenvalue weighted by atomic mass is 32.2. The molecule has 0 bridgehead atoms. The van der Waals surface area contributed by atoms with Gasteiger partial charge in [0.25, 0.3) is 0 Å². The van der Waals surface area contributed by atoms with Crippen LogP contribution in [0.3, 0.4) is 0 Å². The molecule has 0 aliphatic heterocycles. The topological polar surface area (TPSA) is 59.1 Å². The van der Waals surface area contributed by atoms with Crippen molar-refractivity contribution in [2.45, 2.75) is 12.7 Å². The Morgan fingerprint density at radius 2 is 1.50 bits per heavy atom. The smallest absolute Gasteiger partial charge is 0.236 e. The summed E-state index contributed by atoms with van der Waals surface area (Å²) in [5.41, 5.74) is 6.51. The predicted molar refractivity (Wildman–Crippen MR) is 123 cm³/mol. The summed E-state index contributed by atoms with van der Waals surface area (Å²) in [6, 6.07) is 26.9. The van der Waals surface area contributed by atoms with E-state index < -0.39 is 10.0 Å². The van der Waals surface area contributed by atoms with Crippen molar-refractivity contribution < 1.29 is 8.42 Å². The minimum Gasteiger partial charge on any atom is -0.283 e. The Bertz CT molecular complexity index is 1250. The number of hydrogen-bond donors (Lipinski definition) is 1. The summed E-state index contributed by atoms with van der Waals surface area (Å²) in [5.74, 6) is -0.0601. The number of pyridine rings is 1. The second-order valence-corrected chi connectivity index (χ2v) is 8.89. The van der Waals surface area contributed by atoms with E-state index in [0.717, 1.165) is 33.4 Å². The molecule has 4 rings (SSSR count). The van der Waals surface area contributed by atoms with E-state index in [-0.39, 0.29) is 5.75 Å².